The summed E-state index contributed by atoms with van der Waals surface area (Å²) < 4.78 is 5.23. The summed E-state index contributed by atoms with van der Waals surface area (Å²) in [6.45, 7) is 4.82. The van der Waals surface area contributed by atoms with E-state index < -0.39 is 5.97 Å². The molecular formula is C10H19NO4. The zero-order chi connectivity index (χ0) is 11.7. The molecule has 2 N–H and O–H groups in total. The predicted molar refractivity (Wildman–Crippen MR) is 55.6 cm³/mol. The maximum atomic E-state index is 11.1. The van der Waals surface area contributed by atoms with Crippen molar-refractivity contribution < 1.29 is 19.4 Å². The molecule has 0 saturated heterocycles. The number of amides is 1. The Hall–Kier alpha value is -1.10. The van der Waals surface area contributed by atoms with E-state index in [2.05, 4.69) is 5.32 Å². The zero-order valence-corrected chi connectivity index (χ0v) is 9.28. The molecule has 0 rings (SSSR count). The lowest BCUT2D eigenvalue weighted by Gasteiger charge is -2.08. The van der Waals surface area contributed by atoms with E-state index in [1.54, 1.807) is 0 Å². The highest BCUT2D eigenvalue weighted by Gasteiger charge is 2.03. The van der Waals surface area contributed by atoms with Crippen LogP contribution in [-0.2, 0) is 14.3 Å². The van der Waals surface area contributed by atoms with Crippen LogP contribution in [0.1, 0.15) is 33.1 Å². The van der Waals surface area contributed by atoms with Gasteiger partial charge in [0.2, 0.25) is 5.91 Å². The number of hydrogen-bond acceptors (Lipinski definition) is 3. The summed E-state index contributed by atoms with van der Waals surface area (Å²) in [6.07, 6.45) is 0.838. The lowest BCUT2D eigenvalue weighted by Crippen LogP contribution is -2.27. The smallest absolute Gasteiger partial charge is 0.303 e. The van der Waals surface area contributed by atoms with Crippen LogP contribution in [0.2, 0.25) is 0 Å². The summed E-state index contributed by atoms with van der Waals surface area (Å²) in [5.41, 5.74) is 0. The standard InChI is InChI=1S/C10H19NO4/c1-8(2)15-7-6-11-9(12)4-3-5-10(13)14/h8H,3-7H2,1-2H3,(H,11,12)(H,13,14). The monoisotopic (exact) mass is 217 g/mol. The van der Waals surface area contributed by atoms with Gasteiger partial charge in [0.1, 0.15) is 0 Å². The molecule has 0 aromatic carbocycles. The molecule has 0 aromatic heterocycles. The third kappa shape index (κ3) is 10.8. The van der Waals surface area contributed by atoms with Gasteiger partial charge in [0.05, 0.1) is 12.7 Å². The molecule has 0 saturated carbocycles. The van der Waals surface area contributed by atoms with E-state index in [-0.39, 0.29) is 24.9 Å². The molecule has 0 aliphatic heterocycles. The maximum Gasteiger partial charge on any atom is 0.303 e. The second-order valence-electron chi connectivity index (χ2n) is 3.52. The Labute approximate surface area is 89.8 Å². The number of rotatable bonds is 8. The fourth-order valence-electron chi connectivity index (χ4n) is 0.974. The van der Waals surface area contributed by atoms with Crippen LogP contribution in [0.4, 0.5) is 0 Å². The van der Waals surface area contributed by atoms with Crippen molar-refractivity contribution in [3.63, 3.8) is 0 Å². The number of carboxylic acids is 1. The lowest BCUT2D eigenvalue weighted by molar-refractivity contribution is -0.137. The molecule has 0 unspecified atom stereocenters. The van der Waals surface area contributed by atoms with Gasteiger partial charge in [-0.25, -0.2) is 0 Å². The zero-order valence-electron chi connectivity index (χ0n) is 9.28. The summed E-state index contributed by atoms with van der Waals surface area (Å²) >= 11 is 0. The van der Waals surface area contributed by atoms with E-state index in [1.165, 1.54) is 0 Å². The number of ether oxygens (including phenoxy) is 1. The highest BCUT2D eigenvalue weighted by molar-refractivity contribution is 5.76. The number of carbonyl (C=O) groups excluding carboxylic acids is 1. The van der Waals surface area contributed by atoms with Gasteiger partial charge in [-0.2, -0.15) is 0 Å². The minimum Gasteiger partial charge on any atom is -0.481 e. The van der Waals surface area contributed by atoms with Crippen LogP contribution in [0, 0.1) is 0 Å². The third-order valence-corrected chi connectivity index (χ3v) is 1.67. The van der Waals surface area contributed by atoms with Crippen molar-refractivity contribution >= 4 is 11.9 Å². The molecular weight excluding hydrogens is 198 g/mol. The summed E-state index contributed by atoms with van der Waals surface area (Å²) in [5.74, 6) is -0.991. The maximum absolute atomic E-state index is 11.1. The van der Waals surface area contributed by atoms with Gasteiger partial charge < -0.3 is 15.2 Å². The van der Waals surface area contributed by atoms with Gasteiger partial charge in [-0.1, -0.05) is 0 Å². The highest BCUT2D eigenvalue weighted by atomic mass is 16.5. The van der Waals surface area contributed by atoms with Crippen LogP contribution < -0.4 is 5.32 Å². The van der Waals surface area contributed by atoms with Crippen molar-refractivity contribution in [3.05, 3.63) is 0 Å². The topological polar surface area (TPSA) is 75.6 Å². The van der Waals surface area contributed by atoms with E-state index in [1.807, 2.05) is 13.8 Å². The molecule has 5 nitrogen and oxygen atoms in total. The number of carboxylic acid groups (broad SMARTS) is 1. The number of carbonyl (C=O) groups is 2. The van der Waals surface area contributed by atoms with Gasteiger partial charge >= 0.3 is 5.97 Å². The molecule has 5 heteroatoms. The minimum absolute atomic E-state index is 0.0376. The average molecular weight is 217 g/mol. The van der Waals surface area contributed by atoms with Crippen LogP contribution in [0.3, 0.4) is 0 Å². The van der Waals surface area contributed by atoms with Crippen LogP contribution in [0.15, 0.2) is 0 Å². The lowest BCUT2D eigenvalue weighted by atomic mass is 10.2. The van der Waals surface area contributed by atoms with Gasteiger partial charge in [-0.15, -0.1) is 0 Å². The Morgan fingerprint density at radius 1 is 1.33 bits per heavy atom. The molecule has 0 aliphatic rings. The first-order valence-electron chi connectivity index (χ1n) is 5.12. The van der Waals surface area contributed by atoms with E-state index in [9.17, 15) is 9.59 Å². The van der Waals surface area contributed by atoms with Crippen LogP contribution in [0.5, 0.6) is 0 Å². The summed E-state index contributed by atoms with van der Waals surface area (Å²) in [4.78, 5) is 21.3. The highest BCUT2D eigenvalue weighted by Crippen LogP contribution is 1.94. The van der Waals surface area contributed by atoms with Crippen molar-refractivity contribution in [1.82, 2.24) is 5.32 Å². The summed E-state index contributed by atoms with van der Waals surface area (Å²) in [7, 11) is 0. The SMILES string of the molecule is CC(C)OCCNC(=O)CCCC(=O)O. The molecule has 0 spiro atoms. The first-order valence-corrected chi connectivity index (χ1v) is 5.12. The van der Waals surface area contributed by atoms with Crippen molar-refractivity contribution in [1.29, 1.82) is 0 Å². The van der Waals surface area contributed by atoms with E-state index in [0.717, 1.165) is 0 Å². The molecule has 0 atom stereocenters. The van der Waals surface area contributed by atoms with E-state index in [0.29, 0.717) is 19.6 Å². The molecule has 88 valence electrons. The Kier molecular flexibility index (Phi) is 7.62. The largest absolute Gasteiger partial charge is 0.481 e. The summed E-state index contributed by atoms with van der Waals surface area (Å²) in [5, 5.41) is 11.0. The second kappa shape index (κ2) is 8.23. The van der Waals surface area contributed by atoms with Crippen molar-refractivity contribution in [2.45, 2.75) is 39.2 Å². The Morgan fingerprint density at radius 2 is 2.00 bits per heavy atom. The third-order valence-electron chi connectivity index (χ3n) is 1.67. The fraction of sp³-hybridized carbons (Fsp3) is 0.800. The van der Waals surface area contributed by atoms with Gasteiger partial charge in [0.15, 0.2) is 0 Å². The molecule has 0 heterocycles. The molecule has 0 aliphatic carbocycles. The molecule has 0 radical (unpaired) electrons. The average Bonchev–Trinajstić information content (AvgIpc) is 2.11. The van der Waals surface area contributed by atoms with Gasteiger partial charge in [0.25, 0.3) is 0 Å². The number of hydrogen-bond donors (Lipinski definition) is 2. The first kappa shape index (κ1) is 13.9. The minimum atomic E-state index is -0.869. The van der Waals surface area contributed by atoms with Gasteiger partial charge in [-0.05, 0) is 20.3 Å². The number of aliphatic carboxylic acids is 1. The fourth-order valence-corrected chi connectivity index (χ4v) is 0.974. The van der Waals surface area contributed by atoms with Crippen LogP contribution in [-0.4, -0.2) is 36.2 Å². The quantitative estimate of drug-likeness (QED) is 0.589. The van der Waals surface area contributed by atoms with Crippen LogP contribution in [0.25, 0.3) is 0 Å². The molecule has 15 heavy (non-hydrogen) atoms. The van der Waals surface area contributed by atoms with Crippen molar-refractivity contribution in [2.24, 2.45) is 0 Å². The molecule has 0 aromatic rings. The molecule has 0 bridgehead atoms. The number of nitrogens with one attached hydrogen (secondary N) is 1. The van der Waals surface area contributed by atoms with Gasteiger partial charge in [-0.3, -0.25) is 9.59 Å². The van der Waals surface area contributed by atoms with Crippen LogP contribution >= 0.6 is 0 Å². The second-order valence-corrected chi connectivity index (χ2v) is 3.52. The Balaban J connectivity index is 3.30. The normalized spacial score (nSPS) is 10.3. The Morgan fingerprint density at radius 3 is 2.53 bits per heavy atom. The Bertz CT molecular complexity index is 204. The van der Waals surface area contributed by atoms with E-state index in [4.69, 9.17) is 9.84 Å². The first-order chi connectivity index (χ1) is 7.02. The summed E-state index contributed by atoms with van der Waals surface area (Å²) in [6, 6.07) is 0. The predicted octanol–water partition coefficient (Wildman–Crippen LogP) is 0.782. The van der Waals surface area contributed by atoms with Crippen molar-refractivity contribution in [3.8, 4) is 0 Å². The van der Waals surface area contributed by atoms with Crippen molar-refractivity contribution in [2.75, 3.05) is 13.2 Å². The molecule has 1 amide bonds. The molecule has 0 fully saturated rings. The van der Waals surface area contributed by atoms with Gasteiger partial charge in [0, 0.05) is 19.4 Å². The van der Waals surface area contributed by atoms with E-state index >= 15 is 0 Å².